The van der Waals surface area contributed by atoms with Crippen LogP contribution in [0, 0.1) is 5.21 Å². The third-order valence-corrected chi connectivity index (χ3v) is 0.702. The van der Waals surface area contributed by atoms with E-state index >= 15 is 0 Å². The highest BCUT2D eigenvalue weighted by Crippen LogP contribution is 1.73. The van der Waals surface area contributed by atoms with Crippen molar-refractivity contribution < 1.29 is 15.0 Å². The summed E-state index contributed by atoms with van der Waals surface area (Å²) in [5.41, 5.74) is 0. The molecule has 0 saturated carbocycles. The highest BCUT2D eigenvalue weighted by molar-refractivity contribution is 5.56. The van der Waals surface area contributed by atoms with Gasteiger partial charge >= 0.3 is 0 Å². The molecule has 4 nitrogen and oxygen atoms in total. The van der Waals surface area contributed by atoms with Gasteiger partial charge < -0.3 is 15.4 Å². The van der Waals surface area contributed by atoms with Gasteiger partial charge in [-0.05, 0) is 6.92 Å². The molecule has 4 heteroatoms. The number of aliphatic hydroxyl groups is 2. The Labute approximate surface area is 53.6 Å². The van der Waals surface area contributed by atoms with Gasteiger partial charge in [0, 0.05) is 0 Å². The maximum absolute atomic E-state index is 10.4. The van der Waals surface area contributed by atoms with Gasteiger partial charge in [0.05, 0.1) is 0 Å². The molecule has 1 atom stereocenters. The maximum Gasteiger partial charge on any atom is 0.179 e. The Balaban J connectivity index is 3.55. The lowest BCUT2D eigenvalue weighted by molar-refractivity contribution is -0.458. The molecule has 2 N–H and O–H groups in total. The molecule has 0 aromatic rings. The van der Waals surface area contributed by atoms with Crippen molar-refractivity contribution >= 4 is 6.21 Å². The van der Waals surface area contributed by atoms with E-state index in [0.29, 0.717) is 4.74 Å². The van der Waals surface area contributed by atoms with Crippen LogP contribution in [-0.2, 0) is 0 Å². The largest absolute Gasteiger partial charge is 0.624 e. The minimum absolute atomic E-state index is 0.0187. The third kappa shape index (κ3) is 5.26. The Hall–Kier alpha value is -0.610. The number of nitrogens with zero attached hydrogens (tertiary/aromatic N) is 1. The van der Waals surface area contributed by atoms with Crippen LogP contribution in [0.15, 0.2) is 0 Å². The van der Waals surface area contributed by atoms with Crippen molar-refractivity contribution in [2.45, 2.75) is 13.0 Å². The molecule has 0 amide bonds. The van der Waals surface area contributed by atoms with Gasteiger partial charge in [-0.1, -0.05) is 0 Å². The Morgan fingerprint density at radius 2 is 2.33 bits per heavy atom. The SMILES string of the molecule is CC(O)C=[N+]([O-])CCO. The van der Waals surface area contributed by atoms with E-state index in [1.165, 1.54) is 6.92 Å². The second-order valence-electron chi connectivity index (χ2n) is 1.75. The van der Waals surface area contributed by atoms with Crippen molar-refractivity contribution in [3.05, 3.63) is 5.21 Å². The van der Waals surface area contributed by atoms with Crippen molar-refractivity contribution in [3.8, 4) is 0 Å². The number of aliphatic hydroxyl groups excluding tert-OH is 2. The van der Waals surface area contributed by atoms with E-state index < -0.39 is 6.10 Å². The van der Waals surface area contributed by atoms with Crippen LogP contribution in [0.5, 0.6) is 0 Å². The summed E-state index contributed by atoms with van der Waals surface area (Å²) in [5, 5.41) is 27.2. The molecule has 0 bridgehead atoms. The van der Waals surface area contributed by atoms with Gasteiger partial charge in [-0.3, -0.25) is 0 Å². The van der Waals surface area contributed by atoms with Crippen LogP contribution in [0.3, 0.4) is 0 Å². The number of hydrogen-bond acceptors (Lipinski definition) is 3. The summed E-state index contributed by atoms with van der Waals surface area (Å²) in [7, 11) is 0. The van der Waals surface area contributed by atoms with Crippen LogP contribution in [0.1, 0.15) is 6.92 Å². The van der Waals surface area contributed by atoms with Gasteiger partial charge in [0.1, 0.15) is 12.7 Å². The summed E-state index contributed by atoms with van der Waals surface area (Å²) >= 11 is 0. The van der Waals surface area contributed by atoms with Crippen LogP contribution in [0.2, 0.25) is 0 Å². The zero-order valence-electron chi connectivity index (χ0n) is 5.32. The zero-order chi connectivity index (χ0) is 7.28. The highest BCUT2D eigenvalue weighted by Gasteiger charge is 1.94. The fourth-order valence-electron chi connectivity index (χ4n) is 0.414. The van der Waals surface area contributed by atoms with Crippen molar-refractivity contribution in [2.24, 2.45) is 0 Å². The summed E-state index contributed by atoms with van der Waals surface area (Å²) in [6.45, 7) is 1.31. The molecule has 0 aromatic heterocycles. The molecule has 0 aromatic carbocycles. The first-order valence-corrected chi connectivity index (χ1v) is 2.74. The van der Waals surface area contributed by atoms with Gasteiger partial charge in [-0.2, -0.15) is 0 Å². The molecule has 0 saturated heterocycles. The first-order chi connectivity index (χ1) is 4.16. The lowest BCUT2D eigenvalue weighted by Gasteiger charge is -2.01. The fraction of sp³-hybridized carbons (Fsp3) is 0.800. The highest BCUT2D eigenvalue weighted by atomic mass is 16.5. The predicted octanol–water partition coefficient (Wildman–Crippen LogP) is -1.06. The Morgan fingerprint density at radius 3 is 2.67 bits per heavy atom. The van der Waals surface area contributed by atoms with Crippen molar-refractivity contribution in [3.63, 3.8) is 0 Å². The van der Waals surface area contributed by atoms with Gasteiger partial charge in [-0.15, -0.1) is 0 Å². The fourth-order valence-corrected chi connectivity index (χ4v) is 0.414. The smallest absolute Gasteiger partial charge is 0.179 e. The molecule has 0 radical (unpaired) electrons. The standard InChI is InChI=1S/C5H11NO3/c1-5(8)4-6(9)2-3-7/h4-5,7-8H,2-3H2,1H3. The molecular formula is C5H11NO3. The lowest BCUT2D eigenvalue weighted by Crippen LogP contribution is -2.16. The average molecular weight is 133 g/mol. The van der Waals surface area contributed by atoms with Crippen LogP contribution in [0.4, 0.5) is 0 Å². The molecule has 0 aliphatic carbocycles. The van der Waals surface area contributed by atoms with Crippen LogP contribution >= 0.6 is 0 Å². The van der Waals surface area contributed by atoms with E-state index in [1.54, 1.807) is 0 Å². The molecule has 9 heavy (non-hydrogen) atoms. The molecule has 54 valence electrons. The van der Waals surface area contributed by atoms with E-state index in [-0.39, 0.29) is 13.2 Å². The normalized spacial score (nSPS) is 15.7. The summed E-state index contributed by atoms with van der Waals surface area (Å²) < 4.78 is 0.505. The second-order valence-corrected chi connectivity index (χ2v) is 1.75. The summed E-state index contributed by atoms with van der Waals surface area (Å²) in [6, 6.07) is 0. The van der Waals surface area contributed by atoms with Crippen LogP contribution in [0.25, 0.3) is 0 Å². The molecular weight excluding hydrogens is 122 g/mol. The predicted molar refractivity (Wildman–Crippen MR) is 33.3 cm³/mol. The van der Waals surface area contributed by atoms with Crippen LogP contribution in [-0.4, -0.2) is 40.4 Å². The third-order valence-electron chi connectivity index (χ3n) is 0.702. The summed E-state index contributed by atoms with van der Waals surface area (Å²) in [6.07, 6.45) is 0.352. The molecule has 0 fully saturated rings. The Bertz CT molecular complexity index is 100. The Morgan fingerprint density at radius 1 is 1.78 bits per heavy atom. The molecule has 0 rings (SSSR count). The first kappa shape index (κ1) is 8.39. The minimum atomic E-state index is -0.742. The summed E-state index contributed by atoms with van der Waals surface area (Å²) in [4.78, 5) is 0. The van der Waals surface area contributed by atoms with Gasteiger partial charge in [-0.25, -0.2) is 4.74 Å². The second kappa shape index (κ2) is 4.29. The van der Waals surface area contributed by atoms with Crippen molar-refractivity contribution in [1.29, 1.82) is 0 Å². The molecule has 0 aliphatic heterocycles. The first-order valence-electron chi connectivity index (χ1n) is 2.74. The quantitative estimate of drug-likeness (QED) is 0.223. The average Bonchev–Trinajstić information content (AvgIpc) is 1.63. The minimum Gasteiger partial charge on any atom is -0.624 e. The molecule has 0 heterocycles. The number of hydrogen-bond donors (Lipinski definition) is 2. The maximum atomic E-state index is 10.4. The topological polar surface area (TPSA) is 66.5 Å². The van der Waals surface area contributed by atoms with E-state index in [0.717, 1.165) is 6.21 Å². The summed E-state index contributed by atoms with van der Waals surface area (Å²) in [5.74, 6) is 0. The van der Waals surface area contributed by atoms with Crippen molar-refractivity contribution in [2.75, 3.05) is 13.2 Å². The van der Waals surface area contributed by atoms with Gasteiger partial charge in [0.25, 0.3) is 0 Å². The molecule has 0 aliphatic rings. The monoisotopic (exact) mass is 133 g/mol. The molecule has 0 spiro atoms. The van der Waals surface area contributed by atoms with Gasteiger partial charge in [0.2, 0.25) is 0 Å². The van der Waals surface area contributed by atoms with Gasteiger partial charge in [0.15, 0.2) is 12.8 Å². The van der Waals surface area contributed by atoms with Crippen LogP contribution < -0.4 is 0 Å². The number of rotatable bonds is 3. The van der Waals surface area contributed by atoms with E-state index in [4.69, 9.17) is 10.2 Å². The van der Waals surface area contributed by atoms with Crippen molar-refractivity contribution in [1.82, 2.24) is 0 Å². The Kier molecular flexibility index (Phi) is 4.00. The van der Waals surface area contributed by atoms with E-state index in [2.05, 4.69) is 0 Å². The lowest BCUT2D eigenvalue weighted by atomic mass is 10.4. The zero-order valence-corrected chi connectivity index (χ0v) is 5.32. The van der Waals surface area contributed by atoms with E-state index in [9.17, 15) is 5.21 Å². The van der Waals surface area contributed by atoms with E-state index in [1.807, 2.05) is 0 Å². The molecule has 1 unspecified atom stereocenters. The number of hydroxylamine groups is 1.